The summed E-state index contributed by atoms with van der Waals surface area (Å²) in [5.41, 5.74) is 2.63. The molecule has 2 aromatic carbocycles. The Kier molecular flexibility index (Phi) is 5.82. The zero-order valence-corrected chi connectivity index (χ0v) is 14.9. The second-order valence-corrected chi connectivity index (χ2v) is 6.79. The van der Waals surface area contributed by atoms with Gasteiger partial charge in [-0.3, -0.25) is 0 Å². The van der Waals surface area contributed by atoms with E-state index < -0.39 is 0 Å². The molecular weight excluding hydrogens is 378 g/mol. The monoisotopic (exact) mass is 395 g/mol. The summed E-state index contributed by atoms with van der Waals surface area (Å²) in [6, 6.07) is 17.7. The van der Waals surface area contributed by atoms with Gasteiger partial charge in [0, 0.05) is 21.0 Å². The van der Waals surface area contributed by atoms with Crippen LogP contribution in [-0.4, -0.2) is 0 Å². The van der Waals surface area contributed by atoms with Crippen molar-refractivity contribution >= 4 is 31.9 Å². The van der Waals surface area contributed by atoms with Crippen molar-refractivity contribution in [1.29, 1.82) is 0 Å². The third-order valence-corrected chi connectivity index (χ3v) is 4.50. The van der Waals surface area contributed by atoms with Gasteiger partial charge in [-0.15, -0.1) is 0 Å². The molecule has 0 saturated carbocycles. The van der Waals surface area contributed by atoms with Gasteiger partial charge in [-0.1, -0.05) is 63.0 Å². The van der Waals surface area contributed by atoms with Crippen molar-refractivity contribution < 1.29 is 0 Å². The van der Waals surface area contributed by atoms with Crippen LogP contribution in [0.15, 0.2) is 57.5 Å². The fourth-order valence-corrected chi connectivity index (χ4v) is 3.00. The lowest BCUT2D eigenvalue weighted by Gasteiger charge is -2.23. The van der Waals surface area contributed by atoms with Gasteiger partial charge in [0.15, 0.2) is 0 Å². The molecule has 0 aliphatic carbocycles. The molecule has 0 saturated heterocycles. The van der Waals surface area contributed by atoms with E-state index >= 15 is 0 Å². The Morgan fingerprint density at radius 1 is 0.950 bits per heavy atom. The maximum Gasteiger partial charge on any atom is 0.0323 e. The first-order valence-corrected chi connectivity index (χ1v) is 8.45. The predicted octanol–water partition coefficient (Wildman–Crippen LogP) is 6.01. The van der Waals surface area contributed by atoms with Gasteiger partial charge in [0.1, 0.15) is 0 Å². The average molecular weight is 397 g/mol. The van der Waals surface area contributed by atoms with Crippen LogP contribution in [0.4, 0.5) is 0 Å². The molecule has 0 heterocycles. The first-order valence-electron chi connectivity index (χ1n) is 6.87. The van der Waals surface area contributed by atoms with Gasteiger partial charge < -0.3 is 5.32 Å². The minimum absolute atomic E-state index is 0.320. The largest absolute Gasteiger partial charge is 0.303 e. The fraction of sp³-hybridized carbons (Fsp3) is 0.294. The zero-order valence-electron chi connectivity index (χ0n) is 11.7. The van der Waals surface area contributed by atoms with E-state index in [0.717, 1.165) is 15.4 Å². The van der Waals surface area contributed by atoms with Crippen molar-refractivity contribution in [3.63, 3.8) is 0 Å². The van der Waals surface area contributed by atoms with Crippen LogP contribution < -0.4 is 5.32 Å². The number of nitrogens with one attached hydrogen (secondary N) is 1. The summed E-state index contributed by atoms with van der Waals surface area (Å²) in [5, 5.41) is 3.71. The van der Waals surface area contributed by atoms with Crippen molar-refractivity contribution in [3.8, 4) is 0 Å². The van der Waals surface area contributed by atoms with E-state index in [1.165, 1.54) is 11.1 Å². The lowest BCUT2D eigenvalue weighted by atomic mass is 10.0. The van der Waals surface area contributed by atoms with Crippen LogP contribution in [0.25, 0.3) is 0 Å². The summed E-state index contributed by atoms with van der Waals surface area (Å²) in [7, 11) is 0. The van der Waals surface area contributed by atoms with E-state index in [1.54, 1.807) is 0 Å². The molecule has 1 nitrogen and oxygen atoms in total. The highest BCUT2D eigenvalue weighted by atomic mass is 79.9. The summed E-state index contributed by atoms with van der Waals surface area (Å²) in [5.74, 6) is 0. The summed E-state index contributed by atoms with van der Waals surface area (Å²) >= 11 is 7.02. The second kappa shape index (κ2) is 7.39. The van der Waals surface area contributed by atoms with E-state index in [4.69, 9.17) is 0 Å². The first-order chi connectivity index (χ1) is 9.60. The van der Waals surface area contributed by atoms with E-state index in [9.17, 15) is 0 Å². The highest BCUT2D eigenvalue weighted by Crippen LogP contribution is 2.24. The van der Waals surface area contributed by atoms with Gasteiger partial charge in [-0.05, 0) is 48.7 Å². The molecule has 2 rings (SSSR count). The summed E-state index contributed by atoms with van der Waals surface area (Å²) in [6.07, 6.45) is 1.07. The van der Waals surface area contributed by atoms with Crippen LogP contribution in [0.2, 0.25) is 0 Å². The van der Waals surface area contributed by atoms with Crippen LogP contribution in [-0.2, 0) is 0 Å². The van der Waals surface area contributed by atoms with Crippen molar-refractivity contribution in [1.82, 2.24) is 5.32 Å². The molecule has 2 atom stereocenters. The van der Waals surface area contributed by atoms with Gasteiger partial charge in [0.2, 0.25) is 0 Å². The number of rotatable bonds is 5. The van der Waals surface area contributed by atoms with Crippen LogP contribution in [0, 0.1) is 0 Å². The Morgan fingerprint density at radius 2 is 1.65 bits per heavy atom. The lowest BCUT2D eigenvalue weighted by Crippen LogP contribution is -2.24. The molecule has 0 aliphatic rings. The topological polar surface area (TPSA) is 12.0 Å². The predicted molar refractivity (Wildman–Crippen MR) is 92.9 cm³/mol. The Labute approximate surface area is 138 Å². The van der Waals surface area contributed by atoms with E-state index in [-0.39, 0.29) is 0 Å². The van der Waals surface area contributed by atoms with E-state index in [0.29, 0.717) is 12.1 Å². The van der Waals surface area contributed by atoms with Gasteiger partial charge in [0.25, 0.3) is 0 Å². The second-order valence-electron chi connectivity index (χ2n) is 4.96. The van der Waals surface area contributed by atoms with Crippen LogP contribution in [0.1, 0.15) is 43.5 Å². The normalized spacial score (nSPS) is 14.0. The molecule has 2 aromatic rings. The Bertz CT molecular complexity index is 551. The summed E-state index contributed by atoms with van der Waals surface area (Å²) in [4.78, 5) is 0. The Hall–Kier alpha value is -0.640. The number of hydrogen-bond donors (Lipinski definition) is 1. The van der Waals surface area contributed by atoms with Crippen LogP contribution >= 0.6 is 31.9 Å². The molecule has 0 bridgehead atoms. The minimum atomic E-state index is 0.320. The third-order valence-electron chi connectivity index (χ3n) is 3.48. The highest BCUT2D eigenvalue weighted by Gasteiger charge is 2.13. The van der Waals surface area contributed by atoms with Gasteiger partial charge >= 0.3 is 0 Å². The first kappa shape index (κ1) is 15.7. The third kappa shape index (κ3) is 4.18. The van der Waals surface area contributed by atoms with Crippen molar-refractivity contribution in [3.05, 3.63) is 68.6 Å². The Morgan fingerprint density at radius 3 is 2.25 bits per heavy atom. The van der Waals surface area contributed by atoms with Crippen molar-refractivity contribution in [2.24, 2.45) is 0 Å². The molecule has 0 fully saturated rings. The molecule has 0 amide bonds. The zero-order chi connectivity index (χ0) is 14.5. The van der Waals surface area contributed by atoms with Gasteiger partial charge in [0.05, 0.1) is 0 Å². The molecular formula is C17H19Br2N. The van der Waals surface area contributed by atoms with E-state index in [1.807, 2.05) is 0 Å². The molecule has 1 N–H and O–H groups in total. The SMILES string of the molecule is CCC(NC(C)c1cccc(Br)c1)c1ccc(Br)cc1. The molecule has 0 spiro atoms. The maximum absolute atomic E-state index is 3.71. The minimum Gasteiger partial charge on any atom is -0.303 e. The quantitative estimate of drug-likeness (QED) is 0.651. The number of benzene rings is 2. The van der Waals surface area contributed by atoms with Crippen LogP contribution in [0.5, 0.6) is 0 Å². The smallest absolute Gasteiger partial charge is 0.0323 e. The van der Waals surface area contributed by atoms with E-state index in [2.05, 4.69) is 99.6 Å². The lowest BCUT2D eigenvalue weighted by molar-refractivity contribution is 0.456. The summed E-state index contributed by atoms with van der Waals surface area (Å²) < 4.78 is 2.25. The molecule has 0 aromatic heterocycles. The van der Waals surface area contributed by atoms with Crippen molar-refractivity contribution in [2.75, 3.05) is 0 Å². The van der Waals surface area contributed by atoms with Gasteiger partial charge in [-0.25, -0.2) is 0 Å². The molecule has 0 aliphatic heterocycles. The summed E-state index contributed by atoms with van der Waals surface area (Å²) in [6.45, 7) is 4.43. The van der Waals surface area contributed by atoms with Gasteiger partial charge in [-0.2, -0.15) is 0 Å². The molecule has 20 heavy (non-hydrogen) atoms. The molecule has 0 radical (unpaired) electrons. The molecule has 2 unspecified atom stereocenters. The average Bonchev–Trinajstić information content (AvgIpc) is 2.45. The molecule has 3 heteroatoms. The van der Waals surface area contributed by atoms with Crippen molar-refractivity contribution in [2.45, 2.75) is 32.4 Å². The highest BCUT2D eigenvalue weighted by molar-refractivity contribution is 9.10. The van der Waals surface area contributed by atoms with Crippen LogP contribution in [0.3, 0.4) is 0 Å². The Balaban J connectivity index is 2.11. The number of halogens is 2. The fourth-order valence-electron chi connectivity index (χ4n) is 2.32. The standard InChI is InChI=1S/C17H19Br2N/c1-3-17(13-7-9-15(18)10-8-13)20-12(2)14-5-4-6-16(19)11-14/h4-12,17,20H,3H2,1-2H3. The molecule has 106 valence electrons. The number of hydrogen-bond acceptors (Lipinski definition) is 1. The maximum atomic E-state index is 3.71.